The van der Waals surface area contributed by atoms with Gasteiger partial charge in [-0.05, 0) is 12.8 Å². The second-order valence-corrected chi connectivity index (χ2v) is 6.21. The van der Waals surface area contributed by atoms with Gasteiger partial charge >= 0.3 is 0 Å². The molecule has 116 valence electrons. The molecule has 0 saturated carbocycles. The molecular weight excluding hydrogens is 308 g/mol. The predicted octanol–water partition coefficient (Wildman–Crippen LogP) is 3.57. The van der Waals surface area contributed by atoms with Gasteiger partial charge in [0.05, 0.1) is 17.9 Å². The van der Waals surface area contributed by atoms with Crippen molar-refractivity contribution in [2.24, 2.45) is 4.99 Å². The van der Waals surface area contributed by atoms with Crippen LogP contribution >= 0.6 is 11.3 Å². The Morgan fingerprint density at radius 1 is 1.30 bits per heavy atom. The van der Waals surface area contributed by atoms with Crippen molar-refractivity contribution < 1.29 is 0 Å². The zero-order chi connectivity index (χ0) is 15.6. The fourth-order valence-electron chi connectivity index (χ4n) is 2.61. The molecule has 0 fully saturated rings. The quantitative estimate of drug-likeness (QED) is 0.796. The molecule has 1 N–H and O–H groups in total. The molecular formula is C16H16N6S. The van der Waals surface area contributed by atoms with Crippen molar-refractivity contribution in [2.45, 2.75) is 25.8 Å². The SMILES string of the molecule is CCC1CC=C(c2cnc3c(Nc4nccs4)nccn23)C=N1. The number of nitrogens with zero attached hydrogens (tertiary/aromatic N) is 5. The number of aliphatic imine (C=N–C) groups is 1. The van der Waals surface area contributed by atoms with Gasteiger partial charge in [0.15, 0.2) is 16.6 Å². The maximum atomic E-state index is 4.60. The Kier molecular flexibility index (Phi) is 3.63. The molecule has 6 nitrogen and oxygen atoms in total. The molecule has 0 aliphatic carbocycles. The van der Waals surface area contributed by atoms with Gasteiger partial charge in [-0.25, -0.2) is 15.0 Å². The van der Waals surface area contributed by atoms with Crippen LogP contribution in [0.25, 0.3) is 11.2 Å². The lowest BCUT2D eigenvalue weighted by atomic mass is 10.0. The molecule has 4 heterocycles. The Hall–Kier alpha value is -2.54. The number of dihydropyridines is 1. The van der Waals surface area contributed by atoms with Crippen molar-refractivity contribution >= 4 is 39.7 Å². The lowest BCUT2D eigenvalue weighted by Gasteiger charge is -2.13. The number of thiazole rings is 1. The number of rotatable bonds is 4. The standard InChI is InChI=1S/C16H16N6S/c1-2-12-4-3-11(9-19-12)13-10-20-15-14(17-5-7-22(13)15)21-16-18-6-8-23-16/h3,5-10,12H,2,4H2,1H3,(H,17,18,21). The van der Waals surface area contributed by atoms with Gasteiger partial charge in [0.25, 0.3) is 0 Å². The van der Waals surface area contributed by atoms with Crippen LogP contribution in [-0.2, 0) is 0 Å². The monoisotopic (exact) mass is 324 g/mol. The van der Waals surface area contributed by atoms with Crippen LogP contribution in [0, 0.1) is 0 Å². The highest BCUT2D eigenvalue weighted by atomic mass is 32.1. The highest BCUT2D eigenvalue weighted by molar-refractivity contribution is 7.13. The molecule has 1 aliphatic rings. The van der Waals surface area contributed by atoms with E-state index in [0.717, 1.165) is 34.9 Å². The van der Waals surface area contributed by atoms with Crippen molar-refractivity contribution in [3.05, 3.63) is 41.9 Å². The average molecular weight is 324 g/mol. The van der Waals surface area contributed by atoms with Crippen LogP contribution in [0.4, 0.5) is 10.9 Å². The number of imidazole rings is 1. The van der Waals surface area contributed by atoms with Crippen LogP contribution in [0.3, 0.4) is 0 Å². The normalized spacial score (nSPS) is 17.4. The minimum atomic E-state index is 0.404. The number of hydrogen-bond acceptors (Lipinski definition) is 6. The van der Waals surface area contributed by atoms with Crippen LogP contribution in [0.5, 0.6) is 0 Å². The Morgan fingerprint density at radius 2 is 2.26 bits per heavy atom. The number of aromatic nitrogens is 4. The third-order valence-corrected chi connectivity index (χ3v) is 4.58. The number of anilines is 2. The van der Waals surface area contributed by atoms with Gasteiger partial charge in [0.1, 0.15) is 0 Å². The van der Waals surface area contributed by atoms with Crippen LogP contribution < -0.4 is 5.32 Å². The Labute approximate surface area is 137 Å². The average Bonchev–Trinajstić information content (AvgIpc) is 3.25. The van der Waals surface area contributed by atoms with Crippen molar-refractivity contribution in [3.8, 4) is 0 Å². The lowest BCUT2D eigenvalue weighted by molar-refractivity contribution is 0.661. The fourth-order valence-corrected chi connectivity index (χ4v) is 3.14. The van der Waals surface area contributed by atoms with Crippen molar-refractivity contribution in [1.82, 2.24) is 19.4 Å². The maximum Gasteiger partial charge on any atom is 0.188 e. The van der Waals surface area contributed by atoms with Crippen LogP contribution in [0.1, 0.15) is 25.5 Å². The second-order valence-electron chi connectivity index (χ2n) is 5.31. The molecule has 0 bridgehead atoms. The Balaban J connectivity index is 1.71. The van der Waals surface area contributed by atoms with Gasteiger partial charge in [0, 0.05) is 35.8 Å². The minimum Gasteiger partial charge on any atom is -0.313 e. The van der Waals surface area contributed by atoms with Gasteiger partial charge < -0.3 is 5.32 Å². The van der Waals surface area contributed by atoms with E-state index < -0.39 is 0 Å². The molecule has 23 heavy (non-hydrogen) atoms. The highest BCUT2D eigenvalue weighted by Crippen LogP contribution is 2.25. The van der Waals surface area contributed by atoms with E-state index in [9.17, 15) is 0 Å². The zero-order valence-electron chi connectivity index (χ0n) is 12.7. The lowest BCUT2D eigenvalue weighted by Crippen LogP contribution is -2.07. The van der Waals surface area contributed by atoms with Gasteiger partial charge in [-0.3, -0.25) is 9.39 Å². The number of nitrogens with one attached hydrogen (secondary N) is 1. The van der Waals surface area contributed by atoms with E-state index in [1.807, 2.05) is 28.4 Å². The van der Waals surface area contributed by atoms with Crippen LogP contribution in [0.2, 0.25) is 0 Å². The summed E-state index contributed by atoms with van der Waals surface area (Å²) in [5.74, 6) is 0.702. The molecule has 7 heteroatoms. The van der Waals surface area contributed by atoms with E-state index in [0.29, 0.717) is 11.9 Å². The summed E-state index contributed by atoms with van der Waals surface area (Å²) in [5.41, 5.74) is 2.92. The highest BCUT2D eigenvalue weighted by Gasteiger charge is 2.15. The largest absolute Gasteiger partial charge is 0.313 e. The molecule has 1 aliphatic heterocycles. The first-order valence-corrected chi connectivity index (χ1v) is 8.45. The zero-order valence-corrected chi connectivity index (χ0v) is 13.5. The topological polar surface area (TPSA) is 67.5 Å². The van der Waals surface area contributed by atoms with E-state index in [2.05, 4.69) is 38.3 Å². The summed E-state index contributed by atoms with van der Waals surface area (Å²) in [6, 6.07) is 0.404. The third-order valence-electron chi connectivity index (χ3n) is 3.89. The van der Waals surface area contributed by atoms with Gasteiger partial charge in [-0.1, -0.05) is 13.0 Å². The molecule has 3 aromatic rings. The number of hydrogen-bond donors (Lipinski definition) is 1. The van der Waals surface area contributed by atoms with Crippen molar-refractivity contribution in [3.63, 3.8) is 0 Å². The smallest absolute Gasteiger partial charge is 0.188 e. The number of allylic oxidation sites excluding steroid dienone is 1. The van der Waals surface area contributed by atoms with Gasteiger partial charge in [-0.2, -0.15) is 0 Å². The fraction of sp³-hybridized carbons (Fsp3) is 0.250. The predicted molar refractivity (Wildman–Crippen MR) is 93.5 cm³/mol. The van der Waals surface area contributed by atoms with Crippen molar-refractivity contribution in [1.29, 1.82) is 0 Å². The first-order valence-electron chi connectivity index (χ1n) is 7.57. The maximum absolute atomic E-state index is 4.60. The molecule has 0 aromatic carbocycles. The molecule has 0 spiro atoms. The Bertz CT molecular complexity index is 877. The van der Waals surface area contributed by atoms with E-state index >= 15 is 0 Å². The molecule has 0 radical (unpaired) electrons. The van der Waals surface area contributed by atoms with Crippen LogP contribution in [0.15, 0.2) is 41.2 Å². The van der Waals surface area contributed by atoms with Crippen LogP contribution in [-0.4, -0.2) is 31.6 Å². The van der Waals surface area contributed by atoms with E-state index in [1.165, 1.54) is 11.3 Å². The minimum absolute atomic E-state index is 0.404. The molecule has 0 saturated heterocycles. The summed E-state index contributed by atoms with van der Waals surface area (Å²) >= 11 is 1.53. The Morgan fingerprint density at radius 3 is 3.00 bits per heavy atom. The number of fused-ring (bicyclic) bond motifs is 1. The summed E-state index contributed by atoms with van der Waals surface area (Å²) < 4.78 is 2.03. The molecule has 1 atom stereocenters. The first-order chi connectivity index (χ1) is 11.3. The first kappa shape index (κ1) is 14.1. The van der Waals surface area contributed by atoms with E-state index in [4.69, 9.17) is 0 Å². The van der Waals surface area contributed by atoms with E-state index in [-0.39, 0.29) is 0 Å². The van der Waals surface area contributed by atoms with Gasteiger partial charge in [0.2, 0.25) is 0 Å². The molecule has 3 aromatic heterocycles. The molecule has 4 rings (SSSR count). The summed E-state index contributed by atoms with van der Waals surface area (Å²) in [4.78, 5) is 17.7. The molecule has 0 amide bonds. The second kappa shape index (κ2) is 5.92. The van der Waals surface area contributed by atoms with E-state index in [1.54, 1.807) is 12.4 Å². The summed E-state index contributed by atoms with van der Waals surface area (Å²) in [7, 11) is 0. The summed E-state index contributed by atoms with van der Waals surface area (Å²) in [6.07, 6.45) is 13.6. The third kappa shape index (κ3) is 2.63. The summed E-state index contributed by atoms with van der Waals surface area (Å²) in [6.45, 7) is 2.16. The molecule has 1 unspecified atom stereocenters. The van der Waals surface area contributed by atoms with Gasteiger partial charge in [-0.15, -0.1) is 11.3 Å². The summed E-state index contributed by atoms with van der Waals surface area (Å²) in [5, 5.41) is 5.95. The van der Waals surface area contributed by atoms with Crippen molar-refractivity contribution in [2.75, 3.05) is 5.32 Å².